The topological polar surface area (TPSA) is 72.7 Å². The molecule has 166 valence electrons. The maximum atomic E-state index is 13.1. The highest BCUT2D eigenvalue weighted by atomic mass is 19.4. The van der Waals surface area contributed by atoms with E-state index < -0.39 is 46.8 Å². The molecule has 2 heterocycles. The van der Waals surface area contributed by atoms with Gasteiger partial charge in [0.15, 0.2) is 11.6 Å². The normalized spacial score (nSPS) is 13.2. The molecule has 3 rings (SSSR count). The molecule has 1 amide bonds. The van der Waals surface area contributed by atoms with E-state index in [9.17, 15) is 35.5 Å². The Bertz CT molecular complexity index is 1060. The second-order valence-electron chi connectivity index (χ2n) is 6.35. The van der Waals surface area contributed by atoms with Gasteiger partial charge in [-0.25, -0.2) is 14.4 Å². The summed E-state index contributed by atoms with van der Waals surface area (Å²) < 4.78 is 92.2. The molecule has 0 aliphatic carbocycles. The van der Waals surface area contributed by atoms with Crippen LogP contribution in [0.3, 0.4) is 0 Å². The van der Waals surface area contributed by atoms with Crippen LogP contribution in [0.15, 0.2) is 42.9 Å². The van der Waals surface area contributed by atoms with Gasteiger partial charge in [-0.3, -0.25) is 4.79 Å². The fourth-order valence-electron chi connectivity index (χ4n) is 2.65. The monoisotopic (exact) mass is 449 g/mol. The molecule has 0 fully saturated rings. The van der Waals surface area contributed by atoms with Crippen LogP contribution in [-0.4, -0.2) is 25.7 Å². The average Bonchev–Trinajstić information content (AvgIpc) is 3.16. The predicted molar refractivity (Wildman–Crippen MR) is 93.6 cm³/mol. The van der Waals surface area contributed by atoms with Crippen LogP contribution in [-0.2, 0) is 12.4 Å². The number of hydrogen-bond donors (Lipinski definition) is 1. The van der Waals surface area contributed by atoms with Crippen molar-refractivity contribution in [1.82, 2.24) is 25.1 Å². The average molecular weight is 449 g/mol. The van der Waals surface area contributed by atoms with Crippen molar-refractivity contribution in [3.05, 3.63) is 71.2 Å². The van der Waals surface area contributed by atoms with Crippen LogP contribution in [0.5, 0.6) is 0 Å². The summed E-state index contributed by atoms with van der Waals surface area (Å²) in [6.45, 7) is 1.39. The third kappa shape index (κ3) is 4.98. The Morgan fingerprint density at radius 3 is 2.16 bits per heavy atom. The van der Waals surface area contributed by atoms with Gasteiger partial charge in [-0.1, -0.05) is 0 Å². The molecule has 0 radical (unpaired) electrons. The van der Waals surface area contributed by atoms with Crippen molar-refractivity contribution >= 4 is 5.91 Å². The minimum absolute atomic E-state index is 0. The molecule has 2 aromatic heterocycles. The maximum absolute atomic E-state index is 13.1. The van der Waals surface area contributed by atoms with Gasteiger partial charge in [0.1, 0.15) is 12.1 Å². The van der Waals surface area contributed by atoms with Crippen molar-refractivity contribution in [3.8, 4) is 5.82 Å². The minimum atomic E-state index is -5.09. The van der Waals surface area contributed by atoms with Gasteiger partial charge in [0.2, 0.25) is 0 Å². The molecule has 1 N–H and O–H groups in total. The molecule has 6 nitrogen and oxygen atoms in total. The molecule has 0 saturated heterocycles. The first-order valence-electron chi connectivity index (χ1n) is 8.48. The number of aromatic nitrogens is 4. The number of benzene rings is 1. The summed E-state index contributed by atoms with van der Waals surface area (Å²) in [5, 5.41) is 6.16. The summed E-state index contributed by atoms with van der Waals surface area (Å²) in [7, 11) is 0. The van der Waals surface area contributed by atoms with Crippen LogP contribution in [0, 0.1) is 5.82 Å². The fraction of sp³-hybridized carbons (Fsp3) is 0.222. The van der Waals surface area contributed by atoms with E-state index in [-0.39, 0.29) is 19.1 Å². The lowest BCUT2D eigenvalue weighted by molar-refractivity contribution is -0.143. The van der Waals surface area contributed by atoms with Crippen molar-refractivity contribution in [2.45, 2.75) is 25.3 Å². The number of hydrogen-bond acceptors (Lipinski definition) is 4. The highest BCUT2D eigenvalue weighted by Gasteiger charge is 2.37. The van der Waals surface area contributed by atoms with Crippen LogP contribution in [0.25, 0.3) is 5.82 Å². The van der Waals surface area contributed by atoms with Crippen molar-refractivity contribution in [1.29, 1.82) is 0 Å². The van der Waals surface area contributed by atoms with Gasteiger partial charge in [0, 0.05) is 6.99 Å². The van der Waals surface area contributed by atoms with Crippen molar-refractivity contribution in [3.63, 3.8) is 0 Å². The molecular weight excluding hydrogens is 435 g/mol. The number of pyridine rings is 1. The molecule has 1 aromatic carbocycles. The standard InChI is InChI=1S/C18H12F7N5O.H2/c1-9(15-27-8-28-30(15)14-3-2-13(19)7-26-14)29-16(31)10-4-11(17(20,21)22)6-12(5-10)18(23,24)25;/h2-9H,1H3,(H,29,31);1H. The Balaban J connectivity index is 0.00000363. The number of carbonyl (C=O) groups is 1. The highest BCUT2D eigenvalue weighted by Crippen LogP contribution is 2.36. The van der Waals surface area contributed by atoms with Crippen LogP contribution < -0.4 is 5.32 Å². The second-order valence-corrected chi connectivity index (χ2v) is 6.35. The van der Waals surface area contributed by atoms with Crippen molar-refractivity contribution in [2.75, 3.05) is 0 Å². The van der Waals surface area contributed by atoms with Crippen LogP contribution >= 0.6 is 0 Å². The summed E-state index contributed by atoms with van der Waals surface area (Å²) in [6.07, 6.45) is -8.17. The van der Waals surface area contributed by atoms with Crippen LogP contribution in [0.2, 0.25) is 0 Å². The van der Waals surface area contributed by atoms with E-state index in [4.69, 9.17) is 0 Å². The Kier molecular flexibility index (Phi) is 5.70. The Labute approximate surface area is 171 Å². The fourth-order valence-corrected chi connectivity index (χ4v) is 2.65. The van der Waals surface area contributed by atoms with Gasteiger partial charge in [-0.05, 0) is 37.3 Å². The molecular formula is C18H14F7N5O. The van der Waals surface area contributed by atoms with Gasteiger partial charge in [0.05, 0.1) is 23.4 Å². The lowest BCUT2D eigenvalue weighted by Crippen LogP contribution is -2.29. The van der Waals surface area contributed by atoms with Gasteiger partial charge in [-0.15, -0.1) is 0 Å². The molecule has 0 aliphatic heterocycles. The van der Waals surface area contributed by atoms with E-state index in [0.717, 1.165) is 23.3 Å². The van der Waals surface area contributed by atoms with E-state index in [1.54, 1.807) is 0 Å². The molecule has 0 aliphatic rings. The molecule has 31 heavy (non-hydrogen) atoms. The third-order valence-electron chi connectivity index (χ3n) is 4.09. The quantitative estimate of drug-likeness (QED) is 0.592. The highest BCUT2D eigenvalue weighted by molar-refractivity contribution is 5.94. The van der Waals surface area contributed by atoms with Gasteiger partial charge < -0.3 is 5.32 Å². The van der Waals surface area contributed by atoms with Crippen molar-refractivity contribution in [2.24, 2.45) is 0 Å². The van der Waals surface area contributed by atoms with Gasteiger partial charge in [-0.2, -0.15) is 36.1 Å². The Morgan fingerprint density at radius 2 is 1.65 bits per heavy atom. The maximum Gasteiger partial charge on any atom is 0.416 e. The number of nitrogens with one attached hydrogen (secondary N) is 1. The van der Waals surface area contributed by atoms with Crippen LogP contribution in [0.1, 0.15) is 41.7 Å². The van der Waals surface area contributed by atoms with E-state index in [1.165, 1.54) is 13.0 Å². The summed E-state index contributed by atoms with van der Waals surface area (Å²) in [4.78, 5) is 20.2. The summed E-state index contributed by atoms with van der Waals surface area (Å²) in [6, 6.07) is 1.94. The number of nitrogens with zero attached hydrogens (tertiary/aromatic N) is 4. The molecule has 1 unspecified atom stereocenters. The SMILES string of the molecule is CC(NC(=O)c1cc(C(F)(F)F)cc(C(F)(F)F)c1)c1ncnn1-c1ccc(F)cn1.[HH]. The molecule has 0 saturated carbocycles. The van der Waals surface area contributed by atoms with E-state index in [1.807, 2.05) is 0 Å². The zero-order valence-corrected chi connectivity index (χ0v) is 15.5. The number of amides is 1. The van der Waals surface area contributed by atoms with Crippen LogP contribution in [0.4, 0.5) is 30.7 Å². The summed E-state index contributed by atoms with van der Waals surface area (Å²) >= 11 is 0. The lowest BCUT2D eigenvalue weighted by Gasteiger charge is -2.17. The number of alkyl halides is 6. The van der Waals surface area contributed by atoms with Crippen molar-refractivity contribution < 1.29 is 37.0 Å². The van der Waals surface area contributed by atoms with E-state index in [0.29, 0.717) is 12.1 Å². The molecule has 1 atom stereocenters. The van der Waals surface area contributed by atoms with E-state index >= 15 is 0 Å². The zero-order chi connectivity index (χ0) is 23.0. The summed E-state index contributed by atoms with van der Waals surface area (Å²) in [5.41, 5.74) is -4.06. The number of rotatable bonds is 4. The zero-order valence-electron chi connectivity index (χ0n) is 15.5. The number of halogens is 7. The van der Waals surface area contributed by atoms with Gasteiger partial charge >= 0.3 is 12.4 Å². The molecule has 0 spiro atoms. The molecule has 0 bridgehead atoms. The molecule has 13 heteroatoms. The third-order valence-corrected chi connectivity index (χ3v) is 4.09. The van der Waals surface area contributed by atoms with Gasteiger partial charge in [0.25, 0.3) is 5.91 Å². The van der Waals surface area contributed by atoms with E-state index in [2.05, 4.69) is 20.4 Å². The minimum Gasteiger partial charge on any atom is -0.342 e. The lowest BCUT2D eigenvalue weighted by atomic mass is 10.0. The Morgan fingerprint density at radius 1 is 1.03 bits per heavy atom. The smallest absolute Gasteiger partial charge is 0.342 e. The first kappa shape index (κ1) is 22.2. The second kappa shape index (κ2) is 7.96. The number of carbonyl (C=O) groups excluding carboxylic acids is 1. The summed E-state index contributed by atoms with van der Waals surface area (Å²) in [5.74, 6) is -1.61. The molecule has 3 aromatic rings. The first-order chi connectivity index (χ1) is 14.4. The predicted octanol–water partition coefficient (Wildman–Crippen LogP) is 4.58. The Hall–Kier alpha value is -3.51. The first-order valence-corrected chi connectivity index (χ1v) is 8.48. The largest absolute Gasteiger partial charge is 0.416 e.